The molecule has 0 rings (SSSR count). The normalized spacial score (nSPS) is 6.17. The molecule has 4 heteroatoms. The fourth-order valence-corrected chi connectivity index (χ4v) is 0. The van der Waals surface area contributed by atoms with Gasteiger partial charge in [-0.15, -0.1) is 0 Å². The van der Waals surface area contributed by atoms with Crippen LogP contribution in [0.3, 0.4) is 0 Å². The molecule has 0 fully saturated rings. The van der Waals surface area contributed by atoms with Crippen molar-refractivity contribution >= 4 is 5.91 Å². The third kappa shape index (κ3) is 8.91. The van der Waals surface area contributed by atoms with E-state index in [2.05, 4.69) is 5.73 Å². The zero-order chi connectivity index (χ0) is 4.28. The summed E-state index contributed by atoms with van der Waals surface area (Å²) in [4.78, 5) is 9.40. The van der Waals surface area contributed by atoms with Crippen molar-refractivity contribution in [3.05, 3.63) is 5.73 Å². The van der Waals surface area contributed by atoms with Gasteiger partial charge in [0.15, 0.2) is 5.91 Å². The maximum Gasteiger partial charge on any atom is 1.00 e. The Hall–Kier alpha value is 1.07. The number of carbonyl (C=O) groups excluding carboxylic acids is 1. The van der Waals surface area contributed by atoms with E-state index in [4.69, 9.17) is 5.73 Å². The summed E-state index contributed by atoms with van der Waals surface area (Å²) in [6, 6.07) is 0. The first-order chi connectivity index (χ1) is 2.27. The summed E-state index contributed by atoms with van der Waals surface area (Å²) >= 11 is 0. The average Bonchev–Trinajstić information content (AvgIpc) is 1.38. The maximum absolute atomic E-state index is 9.40. The third-order valence-corrected chi connectivity index (χ3v) is 0.174. The summed E-state index contributed by atoms with van der Waals surface area (Å²) in [5.74, 6) is -0.579. The molecule has 0 saturated heterocycles. The Bertz CT molecular complexity index is 46.8. The second-order valence-electron chi connectivity index (χ2n) is 0.643. The molecule has 0 aliphatic carbocycles. The Morgan fingerprint density at radius 1 is 1.83 bits per heavy atom. The number of hydrogen-bond donors (Lipinski definition) is 1. The molecule has 0 atom stereocenters. The van der Waals surface area contributed by atoms with Gasteiger partial charge >= 0.3 is 51.4 Å². The van der Waals surface area contributed by atoms with Crippen LogP contribution in [0.5, 0.6) is 0 Å². The molecule has 1 amide bonds. The monoisotopic (exact) mass is 112 g/mol. The molecule has 0 heterocycles. The van der Waals surface area contributed by atoms with Crippen LogP contribution in [0.4, 0.5) is 0 Å². The second-order valence-corrected chi connectivity index (χ2v) is 0.643. The van der Waals surface area contributed by atoms with Crippen molar-refractivity contribution in [2.75, 3.05) is 6.54 Å². The molecular formula is C2H5KN2O. The Morgan fingerprint density at radius 2 is 2.00 bits per heavy atom. The summed E-state index contributed by atoms with van der Waals surface area (Å²) in [5.41, 5.74) is 10.6. The van der Waals surface area contributed by atoms with Crippen LogP contribution >= 0.6 is 0 Å². The van der Waals surface area contributed by atoms with E-state index >= 15 is 0 Å². The average molecular weight is 112 g/mol. The van der Waals surface area contributed by atoms with E-state index in [1.54, 1.807) is 0 Å². The predicted molar refractivity (Wildman–Crippen MR) is 18.4 cm³/mol. The maximum atomic E-state index is 9.40. The van der Waals surface area contributed by atoms with Gasteiger partial charge in [-0.3, -0.25) is 4.79 Å². The molecule has 0 aromatic rings. The Kier molecular flexibility index (Phi) is 10.2. The van der Waals surface area contributed by atoms with E-state index in [1.165, 1.54) is 0 Å². The van der Waals surface area contributed by atoms with Crippen LogP contribution in [0, 0.1) is 0 Å². The number of amides is 1. The first-order valence-electron chi connectivity index (χ1n) is 1.20. The number of carbonyl (C=O) groups is 1. The van der Waals surface area contributed by atoms with Gasteiger partial charge in [0.2, 0.25) is 0 Å². The van der Waals surface area contributed by atoms with Gasteiger partial charge in [0.05, 0.1) is 0 Å². The summed E-state index contributed by atoms with van der Waals surface area (Å²) in [6.07, 6.45) is 0. The van der Waals surface area contributed by atoms with Crippen LogP contribution in [0.15, 0.2) is 0 Å². The van der Waals surface area contributed by atoms with Crippen LogP contribution in [0.2, 0.25) is 0 Å². The van der Waals surface area contributed by atoms with Crippen LogP contribution in [0.1, 0.15) is 0 Å². The Balaban J connectivity index is 0. The van der Waals surface area contributed by atoms with Crippen LogP contribution < -0.4 is 57.1 Å². The molecule has 0 aliphatic rings. The number of hydrogen-bond acceptors (Lipinski definition) is 1. The minimum Gasteiger partial charge on any atom is -0.670 e. The molecule has 0 saturated carbocycles. The zero-order valence-corrected chi connectivity index (χ0v) is 6.82. The van der Waals surface area contributed by atoms with Gasteiger partial charge in [-0.25, -0.2) is 0 Å². The van der Waals surface area contributed by atoms with Gasteiger partial charge in [0.25, 0.3) is 0 Å². The zero-order valence-electron chi connectivity index (χ0n) is 3.69. The minimum absolute atomic E-state index is 0. The fraction of sp³-hybridized carbons (Fsp3) is 0.500. The SMILES string of the molecule is [K+].[NH-]CC(N)=O. The molecule has 0 aliphatic heterocycles. The van der Waals surface area contributed by atoms with E-state index in [1.807, 2.05) is 0 Å². The molecule has 30 valence electrons. The summed E-state index contributed by atoms with van der Waals surface area (Å²) in [7, 11) is 0. The van der Waals surface area contributed by atoms with E-state index in [9.17, 15) is 4.79 Å². The van der Waals surface area contributed by atoms with Crippen molar-refractivity contribution in [3.8, 4) is 0 Å². The van der Waals surface area contributed by atoms with Gasteiger partial charge in [0, 0.05) is 0 Å². The molecular weight excluding hydrogens is 107 g/mol. The molecule has 3 nitrogen and oxygen atoms in total. The quantitative estimate of drug-likeness (QED) is 0.352. The summed E-state index contributed by atoms with van der Waals surface area (Å²) in [6.45, 7) is -0.306. The van der Waals surface area contributed by atoms with Gasteiger partial charge in [-0.1, -0.05) is 6.54 Å². The predicted octanol–water partition coefficient (Wildman–Crippen LogP) is -3.47. The summed E-state index contributed by atoms with van der Waals surface area (Å²) < 4.78 is 0. The van der Waals surface area contributed by atoms with Crippen LogP contribution in [0.25, 0.3) is 5.73 Å². The van der Waals surface area contributed by atoms with Crippen molar-refractivity contribution in [2.24, 2.45) is 5.73 Å². The molecule has 0 bridgehead atoms. The number of nitrogens with one attached hydrogen (secondary N) is 1. The van der Waals surface area contributed by atoms with Gasteiger partial charge in [-0.2, -0.15) is 0 Å². The number of rotatable bonds is 1. The second kappa shape index (κ2) is 6.07. The molecule has 6 heavy (non-hydrogen) atoms. The molecule has 0 aromatic carbocycles. The van der Waals surface area contributed by atoms with E-state index in [0.29, 0.717) is 0 Å². The van der Waals surface area contributed by atoms with Crippen LogP contribution in [-0.2, 0) is 4.79 Å². The molecule has 0 radical (unpaired) electrons. The van der Waals surface area contributed by atoms with Gasteiger partial charge in [-0.05, 0) is 0 Å². The van der Waals surface area contributed by atoms with Crippen molar-refractivity contribution in [3.63, 3.8) is 0 Å². The van der Waals surface area contributed by atoms with Gasteiger partial charge < -0.3 is 11.5 Å². The Labute approximate surface area is 78.9 Å². The summed E-state index contributed by atoms with van der Waals surface area (Å²) in [5, 5.41) is 0. The fourth-order valence-electron chi connectivity index (χ4n) is 0. The smallest absolute Gasteiger partial charge is 0.670 e. The van der Waals surface area contributed by atoms with Crippen molar-refractivity contribution in [1.82, 2.24) is 0 Å². The van der Waals surface area contributed by atoms with Gasteiger partial charge in [0.1, 0.15) is 0 Å². The van der Waals surface area contributed by atoms with Crippen molar-refractivity contribution in [1.29, 1.82) is 0 Å². The topological polar surface area (TPSA) is 66.9 Å². The largest absolute Gasteiger partial charge is 1.00 e. The first kappa shape index (κ1) is 10.1. The molecule has 3 N–H and O–H groups in total. The molecule has 0 spiro atoms. The van der Waals surface area contributed by atoms with Crippen molar-refractivity contribution < 1.29 is 56.2 Å². The minimum atomic E-state index is -0.579. The molecule has 0 unspecified atom stereocenters. The Morgan fingerprint density at radius 3 is 2.00 bits per heavy atom. The van der Waals surface area contributed by atoms with Crippen LogP contribution in [-0.4, -0.2) is 12.5 Å². The van der Waals surface area contributed by atoms with E-state index in [0.717, 1.165) is 0 Å². The third-order valence-electron chi connectivity index (χ3n) is 0.174. The number of primary amides is 1. The van der Waals surface area contributed by atoms with Crippen molar-refractivity contribution in [2.45, 2.75) is 0 Å². The number of nitrogens with two attached hydrogens (primary N) is 1. The van der Waals surface area contributed by atoms with E-state index < -0.39 is 5.91 Å². The van der Waals surface area contributed by atoms with E-state index in [-0.39, 0.29) is 57.9 Å². The first-order valence-corrected chi connectivity index (χ1v) is 1.20. The molecule has 0 aromatic heterocycles. The standard InChI is InChI=1S/C2H5N2O.K/c3-1-2(4)5;/h3H,1H2,(H2,4,5);/q-1;+1.